The van der Waals surface area contributed by atoms with Gasteiger partial charge >= 0.3 is 0 Å². The number of anilines is 1. The Bertz CT molecular complexity index is 1020. The highest BCUT2D eigenvalue weighted by atomic mass is 32.2. The van der Waals surface area contributed by atoms with Crippen LogP contribution in [0.5, 0.6) is 0 Å². The van der Waals surface area contributed by atoms with Crippen LogP contribution in [0.15, 0.2) is 57.9 Å². The van der Waals surface area contributed by atoms with Crippen LogP contribution in [-0.4, -0.2) is 37.3 Å². The SMILES string of the molecule is C=C(C=C(C)C)CN(C(=O)c1cnoc1C(C)C)c1cccnc1S(C)(=O)=O. The molecule has 28 heavy (non-hydrogen) atoms. The lowest BCUT2D eigenvalue weighted by Crippen LogP contribution is -2.34. The van der Waals surface area contributed by atoms with Crippen LogP contribution in [0.4, 0.5) is 5.69 Å². The van der Waals surface area contributed by atoms with Crippen molar-refractivity contribution < 1.29 is 17.7 Å². The Balaban J connectivity index is 2.62. The van der Waals surface area contributed by atoms with Crippen LogP contribution in [0.2, 0.25) is 0 Å². The molecule has 0 N–H and O–H groups in total. The minimum absolute atomic E-state index is 0.0624. The van der Waals surface area contributed by atoms with E-state index in [1.807, 2.05) is 33.8 Å². The lowest BCUT2D eigenvalue weighted by atomic mass is 10.1. The zero-order valence-corrected chi connectivity index (χ0v) is 17.6. The molecule has 7 nitrogen and oxygen atoms in total. The van der Waals surface area contributed by atoms with Crippen LogP contribution in [0.25, 0.3) is 0 Å². The third kappa shape index (κ3) is 4.95. The molecule has 0 saturated heterocycles. The number of sulfone groups is 1. The molecule has 0 atom stereocenters. The van der Waals surface area contributed by atoms with Gasteiger partial charge in [0.25, 0.3) is 5.91 Å². The maximum Gasteiger partial charge on any atom is 0.263 e. The summed E-state index contributed by atoms with van der Waals surface area (Å²) in [7, 11) is -3.66. The molecule has 150 valence electrons. The summed E-state index contributed by atoms with van der Waals surface area (Å²) >= 11 is 0. The van der Waals surface area contributed by atoms with Crippen LogP contribution >= 0.6 is 0 Å². The Hall–Kier alpha value is -2.74. The molecule has 0 fully saturated rings. The summed E-state index contributed by atoms with van der Waals surface area (Å²) in [4.78, 5) is 18.7. The van der Waals surface area contributed by atoms with E-state index in [1.165, 1.54) is 17.3 Å². The monoisotopic (exact) mass is 403 g/mol. The molecule has 0 unspecified atom stereocenters. The van der Waals surface area contributed by atoms with Gasteiger partial charge in [0.2, 0.25) is 0 Å². The van der Waals surface area contributed by atoms with Crippen molar-refractivity contribution in [1.29, 1.82) is 0 Å². The molecule has 2 aromatic heterocycles. The maximum atomic E-state index is 13.4. The van der Waals surface area contributed by atoms with E-state index >= 15 is 0 Å². The molecule has 2 heterocycles. The summed E-state index contributed by atoms with van der Waals surface area (Å²) in [6.07, 6.45) is 5.64. The summed E-state index contributed by atoms with van der Waals surface area (Å²) in [5.41, 5.74) is 2.14. The minimum Gasteiger partial charge on any atom is -0.360 e. The van der Waals surface area contributed by atoms with Crippen molar-refractivity contribution in [3.8, 4) is 0 Å². The van der Waals surface area contributed by atoms with Crippen molar-refractivity contribution in [2.45, 2.75) is 38.6 Å². The molecule has 0 saturated carbocycles. The molecule has 0 aliphatic carbocycles. The zero-order chi connectivity index (χ0) is 21.1. The largest absolute Gasteiger partial charge is 0.360 e. The van der Waals surface area contributed by atoms with E-state index in [1.54, 1.807) is 12.1 Å². The number of hydrogen-bond acceptors (Lipinski definition) is 6. The molecule has 0 aromatic carbocycles. The van der Waals surface area contributed by atoms with Crippen LogP contribution < -0.4 is 4.90 Å². The molecule has 0 spiro atoms. The fourth-order valence-corrected chi connectivity index (χ4v) is 3.58. The predicted molar refractivity (Wildman–Crippen MR) is 108 cm³/mol. The van der Waals surface area contributed by atoms with Crippen molar-refractivity contribution in [3.05, 3.63) is 59.7 Å². The van der Waals surface area contributed by atoms with Crippen LogP contribution in [0.1, 0.15) is 49.7 Å². The number of aromatic nitrogens is 2. The van der Waals surface area contributed by atoms with E-state index < -0.39 is 15.7 Å². The van der Waals surface area contributed by atoms with Gasteiger partial charge in [-0.05, 0) is 31.6 Å². The smallest absolute Gasteiger partial charge is 0.263 e. The standard InChI is InChI=1S/C20H25N3O4S/c1-13(2)10-15(5)12-23(17-8-7-9-21-19(17)28(6,25)26)20(24)16-11-22-27-18(16)14(3)4/h7-11,14H,5,12H2,1-4,6H3. The van der Waals surface area contributed by atoms with Crippen LogP contribution in [-0.2, 0) is 9.84 Å². The average molecular weight is 404 g/mol. The molecule has 2 rings (SSSR count). The minimum atomic E-state index is -3.66. The Morgan fingerprint density at radius 1 is 1.36 bits per heavy atom. The topological polar surface area (TPSA) is 93.4 Å². The lowest BCUT2D eigenvalue weighted by molar-refractivity contribution is 0.0986. The normalized spacial score (nSPS) is 11.4. The number of pyridine rings is 1. The number of amides is 1. The molecule has 1 amide bonds. The van der Waals surface area contributed by atoms with Crippen molar-refractivity contribution in [1.82, 2.24) is 10.1 Å². The zero-order valence-electron chi connectivity index (χ0n) is 16.8. The highest BCUT2D eigenvalue weighted by molar-refractivity contribution is 7.90. The van der Waals surface area contributed by atoms with Crippen molar-refractivity contribution in [3.63, 3.8) is 0 Å². The summed E-state index contributed by atoms with van der Waals surface area (Å²) in [5.74, 6) is -0.0497. The second kappa shape index (κ2) is 8.52. The molecule has 0 radical (unpaired) electrons. The van der Waals surface area contributed by atoms with Gasteiger partial charge in [0.15, 0.2) is 20.6 Å². The Morgan fingerprint density at radius 2 is 2.04 bits per heavy atom. The number of nitrogens with zero attached hydrogens (tertiary/aromatic N) is 3. The second-order valence-electron chi connectivity index (χ2n) is 7.13. The van der Waals surface area contributed by atoms with Gasteiger partial charge in [-0.3, -0.25) is 4.79 Å². The summed E-state index contributed by atoms with van der Waals surface area (Å²) in [5, 5.41) is 3.58. The molecule has 0 aliphatic rings. The number of hydrogen-bond donors (Lipinski definition) is 0. The van der Waals surface area contributed by atoms with Crippen molar-refractivity contribution in [2.24, 2.45) is 0 Å². The quantitative estimate of drug-likeness (QED) is 0.653. The van der Waals surface area contributed by atoms with E-state index in [-0.39, 0.29) is 28.7 Å². The highest BCUT2D eigenvalue weighted by Gasteiger charge is 2.29. The predicted octanol–water partition coefficient (Wildman–Crippen LogP) is 3.77. The number of carbonyl (C=O) groups excluding carboxylic acids is 1. The fourth-order valence-electron chi connectivity index (χ4n) is 2.77. The molecule has 2 aromatic rings. The van der Waals surface area contributed by atoms with E-state index in [2.05, 4.69) is 16.7 Å². The summed E-state index contributed by atoms with van der Waals surface area (Å²) < 4.78 is 29.7. The lowest BCUT2D eigenvalue weighted by Gasteiger charge is -2.24. The van der Waals surface area contributed by atoms with E-state index in [9.17, 15) is 13.2 Å². The van der Waals surface area contributed by atoms with Crippen molar-refractivity contribution in [2.75, 3.05) is 17.7 Å². The molecule has 0 aliphatic heterocycles. The van der Waals surface area contributed by atoms with Gasteiger partial charge in [-0.25, -0.2) is 13.4 Å². The third-order valence-electron chi connectivity index (χ3n) is 3.85. The van der Waals surface area contributed by atoms with Crippen LogP contribution in [0, 0.1) is 0 Å². The number of carbonyl (C=O) groups is 1. The van der Waals surface area contributed by atoms with Gasteiger partial charge in [-0.15, -0.1) is 0 Å². The van der Waals surface area contributed by atoms with Crippen molar-refractivity contribution >= 4 is 21.4 Å². The number of rotatable bonds is 7. The van der Waals surface area contributed by atoms with E-state index in [0.29, 0.717) is 11.3 Å². The Kier molecular flexibility index (Phi) is 6.56. The van der Waals surface area contributed by atoms with Gasteiger partial charge in [0, 0.05) is 18.4 Å². The summed E-state index contributed by atoms with van der Waals surface area (Å²) in [6, 6.07) is 3.14. The van der Waals surface area contributed by atoms with Gasteiger partial charge in [0.05, 0.1) is 18.4 Å². The van der Waals surface area contributed by atoms with Gasteiger partial charge in [-0.1, -0.05) is 37.2 Å². The fraction of sp³-hybridized carbons (Fsp3) is 0.350. The summed E-state index contributed by atoms with van der Waals surface area (Å²) in [6.45, 7) is 11.7. The first-order valence-electron chi connectivity index (χ1n) is 8.76. The second-order valence-corrected chi connectivity index (χ2v) is 9.06. The first-order chi connectivity index (χ1) is 13.0. The van der Waals surface area contributed by atoms with Gasteiger partial charge < -0.3 is 9.42 Å². The Labute approximate surface area is 165 Å². The van der Waals surface area contributed by atoms with Crippen LogP contribution in [0.3, 0.4) is 0 Å². The van der Waals surface area contributed by atoms with E-state index in [0.717, 1.165) is 11.8 Å². The van der Waals surface area contributed by atoms with E-state index in [4.69, 9.17) is 4.52 Å². The highest BCUT2D eigenvalue weighted by Crippen LogP contribution is 2.28. The Morgan fingerprint density at radius 3 is 2.61 bits per heavy atom. The van der Waals surface area contributed by atoms with Gasteiger partial charge in [0.1, 0.15) is 5.56 Å². The molecular formula is C20H25N3O4S. The average Bonchev–Trinajstić information content (AvgIpc) is 3.07. The number of allylic oxidation sites excluding steroid dienone is 1. The van der Waals surface area contributed by atoms with Gasteiger partial charge in [-0.2, -0.15) is 0 Å². The first-order valence-corrected chi connectivity index (χ1v) is 10.7. The first kappa shape index (κ1) is 21.6. The third-order valence-corrected chi connectivity index (χ3v) is 4.86. The molecule has 0 bridgehead atoms. The molecule has 8 heteroatoms. The molecular weight excluding hydrogens is 378 g/mol. The maximum absolute atomic E-state index is 13.4.